The van der Waals surface area contributed by atoms with Gasteiger partial charge in [0.05, 0.1) is 43.9 Å². The average molecular weight is 313 g/mol. The number of carbonyl (C=O) groups excluding carboxylic acids is 1. The normalized spacial score (nSPS) is 16.6. The van der Waals surface area contributed by atoms with Crippen LogP contribution in [0.15, 0.2) is 24.5 Å². The van der Waals surface area contributed by atoms with Gasteiger partial charge in [-0.05, 0) is 17.7 Å². The molecule has 1 aromatic carbocycles. The highest BCUT2D eigenvalue weighted by molar-refractivity contribution is 5.79. The van der Waals surface area contributed by atoms with Crippen molar-refractivity contribution in [2.75, 3.05) is 19.8 Å². The van der Waals surface area contributed by atoms with E-state index in [2.05, 4.69) is 9.97 Å². The van der Waals surface area contributed by atoms with E-state index in [0.717, 1.165) is 47.8 Å². The summed E-state index contributed by atoms with van der Waals surface area (Å²) in [7, 11) is 0. The molecular formula is C17H19N3O3. The number of carbonyl (C=O) groups is 1. The molecule has 0 unspecified atom stereocenters. The maximum atomic E-state index is 12.6. The number of rotatable bonds is 2. The zero-order valence-electron chi connectivity index (χ0n) is 12.9. The van der Waals surface area contributed by atoms with Crippen molar-refractivity contribution in [3.05, 3.63) is 41.5 Å². The number of aromatic amines is 1. The number of fused-ring (bicyclic) bond motifs is 2. The standard InChI is InChI=1S/C17H19N3O3/c21-17(20-5-4-13-14(10-20)19-11-18-13)9-12-2-3-15-16(8-12)23-7-1-6-22-15/h2-3,8,11H,1,4-7,9-10H2,(H,18,19). The van der Waals surface area contributed by atoms with Gasteiger partial charge in [-0.2, -0.15) is 0 Å². The molecule has 0 saturated carbocycles. The minimum atomic E-state index is 0.125. The van der Waals surface area contributed by atoms with E-state index in [1.165, 1.54) is 0 Å². The lowest BCUT2D eigenvalue weighted by molar-refractivity contribution is -0.131. The zero-order chi connectivity index (χ0) is 15.6. The molecule has 1 N–H and O–H groups in total. The van der Waals surface area contributed by atoms with Crippen LogP contribution in [0.5, 0.6) is 11.5 Å². The molecule has 0 radical (unpaired) electrons. The Balaban J connectivity index is 1.46. The number of nitrogens with one attached hydrogen (secondary N) is 1. The number of ether oxygens (including phenoxy) is 2. The predicted octanol–water partition coefficient (Wildman–Crippen LogP) is 1.70. The van der Waals surface area contributed by atoms with Gasteiger partial charge in [-0.25, -0.2) is 4.98 Å². The highest BCUT2D eigenvalue weighted by atomic mass is 16.5. The second-order valence-electron chi connectivity index (χ2n) is 5.90. The van der Waals surface area contributed by atoms with Crippen molar-refractivity contribution in [3.8, 4) is 11.5 Å². The van der Waals surface area contributed by atoms with Crippen LogP contribution in [0.3, 0.4) is 0 Å². The molecule has 2 aromatic rings. The van der Waals surface area contributed by atoms with Gasteiger partial charge in [0.2, 0.25) is 5.91 Å². The third-order valence-electron chi connectivity index (χ3n) is 4.29. The van der Waals surface area contributed by atoms with Gasteiger partial charge in [-0.3, -0.25) is 4.79 Å². The predicted molar refractivity (Wildman–Crippen MR) is 83.5 cm³/mol. The van der Waals surface area contributed by atoms with Gasteiger partial charge in [0.25, 0.3) is 0 Å². The first-order valence-corrected chi connectivity index (χ1v) is 7.97. The third-order valence-corrected chi connectivity index (χ3v) is 4.29. The Morgan fingerprint density at radius 3 is 3.04 bits per heavy atom. The van der Waals surface area contributed by atoms with E-state index in [4.69, 9.17) is 9.47 Å². The molecule has 0 bridgehead atoms. The molecule has 23 heavy (non-hydrogen) atoms. The van der Waals surface area contributed by atoms with E-state index in [1.807, 2.05) is 23.1 Å². The molecule has 2 aliphatic heterocycles. The molecule has 0 fully saturated rings. The Labute approximate surface area is 134 Å². The van der Waals surface area contributed by atoms with Crippen LogP contribution in [0, 0.1) is 0 Å². The zero-order valence-corrected chi connectivity index (χ0v) is 12.9. The molecule has 120 valence electrons. The van der Waals surface area contributed by atoms with Gasteiger partial charge in [0.1, 0.15) is 0 Å². The van der Waals surface area contributed by atoms with E-state index in [9.17, 15) is 4.79 Å². The molecule has 2 aliphatic rings. The number of nitrogens with zero attached hydrogens (tertiary/aromatic N) is 2. The van der Waals surface area contributed by atoms with Crippen molar-refractivity contribution in [2.24, 2.45) is 0 Å². The number of aromatic nitrogens is 2. The van der Waals surface area contributed by atoms with Crippen LogP contribution in [0.2, 0.25) is 0 Å². The molecule has 0 spiro atoms. The summed E-state index contributed by atoms with van der Waals surface area (Å²) in [4.78, 5) is 21.8. The molecule has 1 aromatic heterocycles. The third kappa shape index (κ3) is 2.88. The lowest BCUT2D eigenvalue weighted by Gasteiger charge is -2.26. The molecule has 0 atom stereocenters. The maximum absolute atomic E-state index is 12.6. The number of imidazole rings is 1. The Morgan fingerprint density at radius 2 is 2.13 bits per heavy atom. The summed E-state index contributed by atoms with van der Waals surface area (Å²) in [5, 5.41) is 0. The van der Waals surface area contributed by atoms with Gasteiger partial charge < -0.3 is 19.4 Å². The summed E-state index contributed by atoms with van der Waals surface area (Å²) in [6.07, 6.45) is 3.76. The van der Waals surface area contributed by atoms with Crippen LogP contribution in [-0.2, 0) is 24.2 Å². The van der Waals surface area contributed by atoms with Crippen LogP contribution >= 0.6 is 0 Å². The SMILES string of the molecule is O=C(Cc1ccc2c(c1)OCCCO2)N1CCc2nc[nH]c2C1. The van der Waals surface area contributed by atoms with Crippen molar-refractivity contribution < 1.29 is 14.3 Å². The highest BCUT2D eigenvalue weighted by Crippen LogP contribution is 2.30. The monoisotopic (exact) mass is 313 g/mol. The number of hydrogen-bond acceptors (Lipinski definition) is 4. The molecule has 0 aliphatic carbocycles. The molecule has 6 heteroatoms. The van der Waals surface area contributed by atoms with E-state index in [0.29, 0.717) is 26.2 Å². The molecule has 0 saturated heterocycles. The summed E-state index contributed by atoms with van der Waals surface area (Å²) in [5.41, 5.74) is 3.07. The van der Waals surface area contributed by atoms with Crippen molar-refractivity contribution in [1.82, 2.24) is 14.9 Å². The van der Waals surface area contributed by atoms with E-state index in [-0.39, 0.29) is 5.91 Å². The molecule has 3 heterocycles. The summed E-state index contributed by atoms with van der Waals surface area (Å²) in [6.45, 7) is 2.66. The van der Waals surface area contributed by atoms with E-state index < -0.39 is 0 Å². The lowest BCUT2D eigenvalue weighted by Crippen LogP contribution is -2.37. The Hall–Kier alpha value is -2.50. The largest absolute Gasteiger partial charge is 0.490 e. The van der Waals surface area contributed by atoms with Crippen LogP contribution in [0.25, 0.3) is 0 Å². The van der Waals surface area contributed by atoms with E-state index in [1.54, 1.807) is 6.33 Å². The van der Waals surface area contributed by atoms with Crippen LogP contribution in [-0.4, -0.2) is 40.5 Å². The minimum absolute atomic E-state index is 0.125. The smallest absolute Gasteiger partial charge is 0.227 e. The number of H-pyrrole nitrogens is 1. The maximum Gasteiger partial charge on any atom is 0.227 e. The molecule has 4 rings (SSSR count). The van der Waals surface area contributed by atoms with Gasteiger partial charge in [-0.1, -0.05) is 6.07 Å². The lowest BCUT2D eigenvalue weighted by atomic mass is 10.1. The first-order chi connectivity index (χ1) is 11.3. The number of amides is 1. The second-order valence-corrected chi connectivity index (χ2v) is 5.90. The fourth-order valence-electron chi connectivity index (χ4n) is 3.03. The summed E-state index contributed by atoms with van der Waals surface area (Å²) in [5.74, 6) is 1.63. The Kier molecular flexibility index (Phi) is 3.65. The first-order valence-electron chi connectivity index (χ1n) is 7.97. The Bertz CT molecular complexity index is 726. The minimum Gasteiger partial charge on any atom is -0.490 e. The summed E-state index contributed by atoms with van der Waals surface area (Å²) in [6, 6.07) is 5.76. The van der Waals surface area contributed by atoms with Crippen LogP contribution in [0.1, 0.15) is 23.4 Å². The topological polar surface area (TPSA) is 67.5 Å². The van der Waals surface area contributed by atoms with Gasteiger partial charge in [-0.15, -0.1) is 0 Å². The quantitative estimate of drug-likeness (QED) is 0.916. The molecule has 6 nitrogen and oxygen atoms in total. The van der Waals surface area contributed by atoms with E-state index >= 15 is 0 Å². The number of hydrogen-bond donors (Lipinski definition) is 1. The van der Waals surface area contributed by atoms with Crippen LogP contribution < -0.4 is 9.47 Å². The summed E-state index contributed by atoms with van der Waals surface area (Å²) < 4.78 is 11.3. The Morgan fingerprint density at radius 1 is 1.26 bits per heavy atom. The molecular weight excluding hydrogens is 294 g/mol. The van der Waals surface area contributed by atoms with Crippen molar-refractivity contribution in [1.29, 1.82) is 0 Å². The summed E-state index contributed by atoms with van der Waals surface area (Å²) >= 11 is 0. The van der Waals surface area contributed by atoms with Crippen molar-refractivity contribution >= 4 is 5.91 Å². The average Bonchev–Trinajstić information content (AvgIpc) is 2.91. The van der Waals surface area contributed by atoms with Crippen molar-refractivity contribution in [3.63, 3.8) is 0 Å². The highest BCUT2D eigenvalue weighted by Gasteiger charge is 2.22. The fraction of sp³-hybridized carbons (Fsp3) is 0.412. The van der Waals surface area contributed by atoms with Crippen LogP contribution in [0.4, 0.5) is 0 Å². The van der Waals surface area contributed by atoms with Gasteiger partial charge >= 0.3 is 0 Å². The van der Waals surface area contributed by atoms with Crippen molar-refractivity contribution in [2.45, 2.75) is 25.8 Å². The van der Waals surface area contributed by atoms with Gasteiger partial charge in [0, 0.05) is 19.4 Å². The van der Waals surface area contributed by atoms with Gasteiger partial charge in [0.15, 0.2) is 11.5 Å². The first kappa shape index (κ1) is 14.1. The fourth-order valence-corrected chi connectivity index (χ4v) is 3.03. The second kappa shape index (κ2) is 5.95. The molecule has 1 amide bonds. The number of benzene rings is 1.